The number of hydrogen-bond acceptors (Lipinski definition) is 2. The fraction of sp³-hybridized carbons (Fsp3) is 0. The van der Waals surface area contributed by atoms with E-state index >= 15 is 0 Å². The van der Waals surface area contributed by atoms with Gasteiger partial charge in [-0.1, -0.05) is 0 Å². The van der Waals surface area contributed by atoms with Gasteiger partial charge in [-0.15, -0.1) is 0 Å². The number of halogens is 2. The lowest BCUT2D eigenvalue weighted by molar-refractivity contribution is 0.846. The van der Waals surface area contributed by atoms with E-state index in [1.54, 1.807) is 17.1 Å². The van der Waals surface area contributed by atoms with Gasteiger partial charge in [0.05, 0.1) is 10.7 Å². The third-order valence-corrected chi connectivity index (χ3v) is 2.38. The van der Waals surface area contributed by atoms with Crippen molar-refractivity contribution < 1.29 is 0 Å². The van der Waals surface area contributed by atoms with E-state index in [0.717, 1.165) is 14.8 Å². The minimum absolute atomic E-state index is 0.800. The molecule has 0 saturated heterocycles. The molecule has 0 atom stereocenters. The van der Waals surface area contributed by atoms with E-state index < -0.39 is 0 Å². The maximum Gasteiger partial charge on any atom is 0.153 e. The fourth-order valence-electron chi connectivity index (χ4n) is 0.930. The minimum atomic E-state index is 0.800. The summed E-state index contributed by atoms with van der Waals surface area (Å²) in [6.45, 7) is 0. The molecule has 0 spiro atoms. The van der Waals surface area contributed by atoms with E-state index in [2.05, 4.69) is 41.9 Å². The normalized spacial score (nSPS) is 10.3. The van der Waals surface area contributed by atoms with Gasteiger partial charge >= 0.3 is 0 Å². The number of hydrogen-bond donors (Lipinski definition) is 0. The molecule has 13 heavy (non-hydrogen) atoms. The van der Waals surface area contributed by atoms with Crippen molar-refractivity contribution in [3.63, 3.8) is 0 Å². The fourth-order valence-corrected chi connectivity index (χ4v) is 1.45. The summed E-state index contributed by atoms with van der Waals surface area (Å²) in [4.78, 5) is 4.19. The SMILES string of the molecule is Brc1ccc(-n2cc(Br)cn2)nc1. The first-order valence-electron chi connectivity index (χ1n) is 3.58. The molecular weight excluding hydrogens is 298 g/mol. The third kappa shape index (κ3) is 1.97. The first-order valence-corrected chi connectivity index (χ1v) is 5.16. The van der Waals surface area contributed by atoms with Crippen LogP contribution in [0.4, 0.5) is 0 Å². The molecule has 0 fully saturated rings. The lowest BCUT2D eigenvalue weighted by Gasteiger charge is -1.98. The summed E-state index contributed by atoms with van der Waals surface area (Å²) in [5, 5.41) is 4.11. The molecule has 0 aliphatic carbocycles. The second-order valence-electron chi connectivity index (χ2n) is 2.44. The van der Waals surface area contributed by atoms with Crippen molar-refractivity contribution in [2.75, 3.05) is 0 Å². The Hall–Kier alpha value is -0.680. The van der Waals surface area contributed by atoms with Gasteiger partial charge in [0, 0.05) is 16.9 Å². The van der Waals surface area contributed by atoms with Gasteiger partial charge in [-0.25, -0.2) is 9.67 Å². The summed E-state index contributed by atoms with van der Waals surface area (Å²) in [7, 11) is 0. The van der Waals surface area contributed by atoms with Crippen LogP contribution in [0.3, 0.4) is 0 Å². The molecule has 0 aromatic carbocycles. The van der Waals surface area contributed by atoms with E-state index in [0.29, 0.717) is 0 Å². The summed E-state index contributed by atoms with van der Waals surface area (Å²) < 4.78 is 3.61. The summed E-state index contributed by atoms with van der Waals surface area (Å²) in [6.07, 6.45) is 5.32. The quantitative estimate of drug-likeness (QED) is 0.811. The maximum atomic E-state index is 4.19. The second kappa shape index (κ2) is 3.59. The van der Waals surface area contributed by atoms with Crippen molar-refractivity contribution >= 4 is 31.9 Å². The predicted molar refractivity (Wildman–Crippen MR) is 56.8 cm³/mol. The van der Waals surface area contributed by atoms with Crippen LogP contribution in [-0.4, -0.2) is 14.8 Å². The summed E-state index contributed by atoms with van der Waals surface area (Å²) in [6, 6.07) is 3.82. The highest BCUT2D eigenvalue weighted by Crippen LogP contribution is 2.12. The van der Waals surface area contributed by atoms with Crippen molar-refractivity contribution in [1.29, 1.82) is 0 Å². The molecule has 0 aliphatic rings. The Morgan fingerprint density at radius 1 is 1.08 bits per heavy atom. The average Bonchev–Trinajstić information content (AvgIpc) is 2.53. The Bertz CT molecular complexity index is 408. The predicted octanol–water partition coefficient (Wildman–Crippen LogP) is 2.79. The summed E-state index contributed by atoms with van der Waals surface area (Å²) >= 11 is 6.65. The van der Waals surface area contributed by atoms with Gasteiger partial charge < -0.3 is 0 Å². The summed E-state index contributed by atoms with van der Waals surface area (Å²) in [5.41, 5.74) is 0. The van der Waals surface area contributed by atoms with E-state index in [1.807, 2.05) is 18.3 Å². The molecule has 0 N–H and O–H groups in total. The number of nitrogens with zero attached hydrogens (tertiary/aromatic N) is 3. The van der Waals surface area contributed by atoms with E-state index in [4.69, 9.17) is 0 Å². The number of pyridine rings is 1. The van der Waals surface area contributed by atoms with Crippen molar-refractivity contribution in [1.82, 2.24) is 14.8 Å². The molecule has 2 heterocycles. The largest absolute Gasteiger partial charge is 0.236 e. The molecule has 5 heteroatoms. The molecule has 0 radical (unpaired) electrons. The van der Waals surface area contributed by atoms with Crippen molar-refractivity contribution in [3.8, 4) is 5.82 Å². The number of aromatic nitrogens is 3. The smallest absolute Gasteiger partial charge is 0.153 e. The van der Waals surface area contributed by atoms with Gasteiger partial charge in [0.25, 0.3) is 0 Å². The van der Waals surface area contributed by atoms with Crippen LogP contribution < -0.4 is 0 Å². The Balaban J connectivity index is 2.41. The zero-order valence-corrected chi connectivity index (χ0v) is 9.66. The Kier molecular flexibility index (Phi) is 2.46. The van der Waals surface area contributed by atoms with Crippen LogP contribution >= 0.6 is 31.9 Å². The Morgan fingerprint density at radius 3 is 2.46 bits per heavy atom. The highest BCUT2D eigenvalue weighted by atomic mass is 79.9. The highest BCUT2D eigenvalue weighted by Gasteiger charge is 1.98. The second-order valence-corrected chi connectivity index (χ2v) is 4.27. The molecule has 66 valence electrons. The Labute approximate surface area is 92.1 Å². The van der Waals surface area contributed by atoms with Gasteiger partial charge in [0.1, 0.15) is 0 Å². The molecule has 2 aromatic heterocycles. The lowest BCUT2D eigenvalue weighted by atomic mass is 10.5. The molecule has 2 aromatic rings. The monoisotopic (exact) mass is 301 g/mol. The molecule has 0 amide bonds. The molecular formula is C8H5Br2N3. The van der Waals surface area contributed by atoms with Crippen LogP contribution in [0, 0.1) is 0 Å². The zero-order valence-electron chi connectivity index (χ0n) is 6.48. The van der Waals surface area contributed by atoms with Crippen LogP contribution in [0.1, 0.15) is 0 Å². The maximum absolute atomic E-state index is 4.19. The molecule has 0 saturated carbocycles. The van der Waals surface area contributed by atoms with Crippen LogP contribution in [0.2, 0.25) is 0 Å². The first-order chi connectivity index (χ1) is 6.25. The van der Waals surface area contributed by atoms with Crippen molar-refractivity contribution in [3.05, 3.63) is 39.7 Å². The standard InChI is InChI=1S/C8H5Br2N3/c9-6-1-2-8(11-3-6)13-5-7(10)4-12-13/h1-5H. The molecule has 0 aliphatic heterocycles. The first kappa shape index (κ1) is 8.90. The Morgan fingerprint density at radius 2 is 1.92 bits per heavy atom. The lowest BCUT2D eigenvalue weighted by Crippen LogP contribution is -1.96. The van der Waals surface area contributed by atoms with Crippen molar-refractivity contribution in [2.24, 2.45) is 0 Å². The molecule has 0 bridgehead atoms. The van der Waals surface area contributed by atoms with E-state index in [-0.39, 0.29) is 0 Å². The number of rotatable bonds is 1. The highest BCUT2D eigenvalue weighted by molar-refractivity contribution is 9.10. The van der Waals surface area contributed by atoms with Crippen LogP contribution in [0.25, 0.3) is 5.82 Å². The van der Waals surface area contributed by atoms with Gasteiger partial charge in [0.2, 0.25) is 0 Å². The third-order valence-electron chi connectivity index (χ3n) is 1.50. The van der Waals surface area contributed by atoms with Crippen molar-refractivity contribution in [2.45, 2.75) is 0 Å². The van der Waals surface area contributed by atoms with E-state index in [9.17, 15) is 0 Å². The average molecular weight is 303 g/mol. The van der Waals surface area contributed by atoms with Crippen LogP contribution in [-0.2, 0) is 0 Å². The topological polar surface area (TPSA) is 30.7 Å². The van der Waals surface area contributed by atoms with Gasteiger partial charge in [-0.3, -0.25) is 0 Å². The van der Waals surface area contributed by atoms with E-state index in [1.165, 1.54) is 0 Å². The van der Waals surface area contributed by atoms with Gasteiger partial charge in [-0.2, -0.15) is 5.10 Å². The molecule has 0 unspecified atom stereocenters. The van der Waals surface area contributed by atoms with Crippen LogP contribution in [0.15, 0.2) is 39.7 Å². The minimum Gasteiger partial charge on any atom is -0.236 e. The molecule has 3 nitrogen and oxygen atoms in total. The van der Waals surface area contributed by atoms with Crippen LogP contribution in [0.5, 0.6) is 0 Å². The summed E-state index contributed by atoms with van der Waals surface area (Å²) in [5.74, 6) is 0.800. The molecule has 2 rings (SSSR count). The van der Waals surface area contributed by atoms with Gasteiger partial charge in [0.15, 0.2) is 5.82 Å². The van der Waals surface area contributed by atoms with Gasteiger partial charge in [-0.05, 0) is 44.0 Å². The zero-order chi connectivity index (χ0) is 9.26.